The van der Waals surface area contributed by atoms with Gasteiger partial charge in [-0.05, 0) is 67.8 Å². The van der Waals surface area contributed by atoms with E-state index in [4.69, 9.17) is 0 Å². The first kappa shape index (κ1) is 17.4. The molecule has 0 spiro atoms. The van der Waals surface area contributed by atoms with Crippen molar-refractivity contribution >= 4 is 27.3 Å². The van der Waals surface area contributed by atoms with E-state index in [0.29, 0.717) is 18.7 Å². The zero-order valence-corrected chi connectivity index (χ0v) is 14.6. The summed E-state index contributed by atoms with van der Waals surface area (Å²) in [4.78, 5) is 13.8. The van der Waals surface area contributed by atoms with Gasteiger partial charge >= 0.3 is 0 Å². The van der Waals surface area contributed by atoms with Crippen LogP contribution in [0.25, 0.3) is 0 Å². The van der Waals surface area contributed by atoms with E-state index in [2.05, 4.69) is 4.72 Å². The summed E-state index contributed by atoms with van der Waals surface area (Å²) in [5.41, 5.74) is 2.01. The molecule has 25 heavy (non-hydrogen) atoms. The van der Waals surface area contributed by atoms with Crippen LogP contribution < -0.4 is 9.62 Å². The highest BCUT2D eigenvalue weighted by atomic mass is 32.2. The van der Waals surface area contributed by atoms with Gasteiger partial charge in [0.1, 0.15) is 5.82 Å². The lowest BCUT2D eigenvalue weighted by atomic mass is 10.1. The average molecular weight is 362 g/mol. The maximum absolute atomic E-state index is 13.0. The van der Waals surface area contributed by atoms with Gasteiger partial charge in [0.2, 0.25) is 5.91 Å². The highest BCUT2D eigenvalue weighted by Crippen LogP contribution is 2.28. The molecule has 3 rings (SSSR count). The zero-order valence-electron chi connectivity index (χ0n) is 13.8. The molecule has 0 bridgehead atoms. The zero-order chi connectivity index (χ0) is 18.0. The maximum Gasteiger partial charge on any atom is 0.261 e. The monoisotopic (exact) mass is 362 g/mol. The summed E-state index contributed by atoms with van der Waals surface area (Å²) < 4.78 is 40.2. The van der Waals surface area contributed by atoms with E-state index in [0.717, 1.165) is 36.2 Å². The number of nitrogens with one attached hydrogen (secondary N) is 1. The van der Waals surface area contributed by atoms with Gasteiger partial charge in [-0.15, -0.1) is 0 Å². The standard InChI is InChI=1S/C18H19FN2O3S/c1-13-12-15(7-10-17(13)21-11-3-2-4-18(21)22)20-25(23,24)16-8-5-14(19)6-9-16/h5-10,12,20H,2-4,11H2,1H3. The first-order chi connectivity index (χ1) is 11.9. The number of carbonyl (C=O) groups is 1. The predicted octanol–water partition coefficient (Wildman–Crippen LogP) is 3.45. The third-order valence-corrected chi connectivity index (χ3v) is 5.58. The highest BCUT2D eigenvalue weighted by Gasteiger charge is 2.21. The van der Waals surface area contributed by atoms with Crippen LogP contribution in [-0.4, -0.2) is 20.9 Å². The van der Waals surface area contributed by atoms with Gasteiger partial charge in [0, 0.05) is 24.3 Å². The smallest absolute Gasteiger partial charge is 0.261 e. The summed E-state index contributed by atoms with van der Waals surface area (Å²) in [7, 11) is -3.79. The van der Waals surface area contributed by atoms with E-state index in [-0.39, 0.29) is 10.8 Å². The fourth-order valence-corrected chi connectivity index (χ4v) is 3.96. The molecule has 1 aliphatic heterocycles. The lowest BCUT2D eigenvalue weighted by Crippen LogP contribution is -2.35. The Morgan fingerprint density at radius 1 is 1.08 bits per heavy atom. The quantitative estimate of drug-likeness (QED) is 0.906. The summed E-state index contributed by atoms with van der Waals surface area (Å²) in [5.74, 6) is -0.403. The maximum atomic E-state index is 13.0. The van der Waals surface area contributed by atoms with Gasteiger partial charge in [-0.3, -0.25) is 9.52 Å². The average Bonchev–Trinajstić information content (AvgIpc) is 2.56. The molecule has 0 aromatic heterocycles. The number of amides is 1. The molecule has 1 N–H and O–H groups in total. The molecule has 2 aromatic rings. The highest BCUT2D eigenvalue weighted by molar-refractivity contribution is 7.92. The van der Waals surface area contributed by atoms with Crippen LogP contribution in [0.3, 0.4) is 0 Å². The Morgan fingerprint density at radius 2 is 1.80 bits per heavy atom. The van der Waals surface area contributed by atoms with Crippen LogP contribution >= 0.6 is 0 Å². The molecular weight excluding hydrogens is 343 g/mol. The van der Waals surface area contributed by atoms with Crippen molar-refractivity contribution in [3.63, 3.8) is 0 Å². The molecule has 1 saturated heterocycles. The molecule has 132 valence electrons. The van der Waals surface area contributed by atoms with Crippen molar-refractivity contribution in [1.29, 1.82) is 0 Å². The van der Waals surface area contributed by atoms with E-state index in [1.165, 1.54) is 12.1 Å². The molecule has 1 aliphatic rings. The van der Waals surface area contributed by atoms with Gasteiger partial charge in [-0.1, -0.05) is 0 Å². The third kappa shape index (κ3) is 3.82. The van der Waals surface area contributed by atoms with E-state index in [1.807, 2.05) is 6.92 Å². The van der Waals surface area contributed by atoms with Gasteiger partial charge in [-0.2, -0.15) is 0 Å². The number of rotatable bonds is 4. The van der Waals surface area contributed by atoms with Crippen LogP contribution in [0, 0.1) is 12.7 Å². The second-order valence-electron chi connectivity index (χ2n) is 6.06. The number of benzene rings is 2. The Balaban J connectivity index is 1.83. The van der Waals surface area contributed by atoms with Crippen molar-refractivity contribution in [2.24, 2.45) is 0 Å². The molecule has 7 heteroatoms. The first-order valence-electron chi connectivity index (χ1n) is 8.06. The van der Waals surface area contributed by atoms with Crippen LogP contribution in [0.5, 0.6) is 0 Å². The molecule has 1 heterocycles. The summed E-state index contributed by atoms with van der Waals surface area (Å²) >= 11 is 0. The van der Waals surface area contributed by atoms with Crippen LogP contribution in [0.1, 0.15) is 24.8 Å². The van der Waals surface area contributed by atoms with Crippen LogP contribution in [-0.2, 0) is 14.8 Å². The van der Waals surface area contributed by atoms with Gasteiger partial charge in [0.25, 0.3) is 10.0 Å². The van der Waals surface area contributed by atoms with Crippen LogP contribution in [0.15, 0.2) is 47.4 Å². The van der Waals surface area contributed by atoms with E-state index in [9.17, 15) is 17.6 Å². The van der Waals surface area contributed by atoms with Crippen molar-refractivity contribution in [3.8, 4) is 0 Å². The van der Waals surface area contributed by atoms with Crippen LogP contribution in [0.2, 0.25) is 0 Å². The number of hydrogen-bond donors (Lipinski definition) is 1. The Bertz CT molecular complexity index is 895. The lowest BCUT2D eigenvalue weighted by molar-refractivity contribution is -0.119. The molecule has 0 unspecified atom stereocenters. The third-order valence-electron chi connectivity index (χ3n) is 4.19. The van der Waals surface area contributed by atoms with Gasteiger partial charge in [0.15, 0.2) is 0 Å². The van der Waals surface area contributed by atoms with E-state index in [1.54, 1.807) is 23.1 Å². The van der Waals surface area contributed by atoms with E-state index < -0.39 is 15.8 Å². The van der Waals surface area contributed by atoms with E-state index >= 15 is 0 Å². The Hall–Kier alpha value is -2.41. The minimum Gasteiger partial charge on any atom is -0.312 e. The summed E-state index contributed by atoms with van der Waals surface area (Å²) in [5, 5.41) is 0. The molecule has 0 atom stereocenters. The number of aryl methyl sites for hydroxylation is 1. The molecule has 1 fully saturated rings. The number of hydrogen-bond acceptors (Lipinski definition) is 3. The van der Waals surface area contributed by atoms with Crippen molar-refractivity contribution in [2.45, 2.75) is 31.1 Å². The minimum absolute atomic E-state index is 0.0122. The fourth-order valence-electron chi connectivity index (χ4n) is 2.91. The summed E-state index contributed by atoms with van der Waals surface area (Å²) in [6, 6.07) is 9.71. The largest absolute Gasteiger partial charge is 0.312 e. The van der Waals surface area contributed by atoms with Gasteiger partial charge < -0.3 is 4.90 Å². The van der Waals surface area contributed by atoms with Crippen molar-refractivity contribution in [2.75, 3.05) is 16.2 Å². The number of piperidine rings is 1. The minimum atomic E-state index is -3.79. The van der Waals surface area contributed by atoms with Crippen LogP contribution in [0.4, 0.5) is 15.8 Å². The van der Waals surface area contributed by atoms with Crippen molar-refractivity contribution in [3.05, 3.63) is 53.8 Å². The summed E-state index contributed by atoms with van der Waals surface area (Å²) in [6.45, 7) is 2.52. The van der Waals surface area contributed by atoms with Crippen molar-refractivity contribution in [1.82, 2.24) is 0 Å². The molecule has 0 saturated carbocycles. The Morgan fingerprint density at radius 3 is 2.44 bits per heavy atom. The summed E-state index contributed by atoms with van der Waals surface area (Å²) in [6.07, 6.45) is 2.41. The lowest BCUT2D eigenvalue weighted by Gasteiger charge is -2.28. The predicted molar refractivity (Wildman–Crippen MR) is 94.6 cm³/mol. The second-order valence-corrected chi connectivity index (χ2v) is 7.75. The normalized spacial score (nSPS) is 15.3. The molecule has 2 aromatic carbocycles. The topological polar surface area (TPSA) is 66.5 Å². The van der Waals surface area contributed by atoms with Gasteiger partial charge in [-0.25, -0.2) is 12.8 Å². The molecule has 0 radical (unpaired) electrons. The second kappa shape index (κ2) is 6.84. The van der Waals surface area contributed by atoms with Gasteiger partial charge in [0.05, 0.1) is 4.90 Å². The molecular formula is C18H19FN2O3S. The number of halogens is 1. The fraction of sp³-hybridized carbons (Fsp3) is 0.278. The van der Waals surface area contributed by atoms with Crippen molar-refractivity contribution < 1.29 is 17.6 Å². The number of nitrogens with zero attached hydrogens (tertiary/aromatic N) is 1. The molecule has 0 aliphatic carbocycles. The SMILES string of the molecule is Cc1cc(NS(=O)(=O)c2ccc(F)cc2)ccc1N1CCCCC1=O. The number of carbonyl (C=O) groups excluding carboxylic acids is 1. The molecule has 1 amide bonds. The number of sulfonamides is 1. The Labute approximate surface area is 146 Å². The number of anilines is 2. The Kier molecular flexibility index (Phi) is 4.76. The molecule has 5 nitrogen and oxygen atoms in total. The first-order valence-corrected chi connectivity index (χ1v) is 9.54.